The number of ketones is 2. The summed E-state index contributed by atoms with van der Waals surface area (Å²) in [5.74, 6) is -5.49. The fourth-order valence-corrected chi connectivity index (χ4v) is 7.29. The van der Waals surface area contributed by atoms with Crippen molar-refractivity contribution in [2.24, 2.45) is 29.6 Å². The standard InChI is InChI=1S/C32H51NO11/c1-12-22-32(10)26(33-30(38)44-32)18(5)23(35)16(3)14-31(9,39-11)27(19(6)24(36)20(7)28(37)42-22)43-29-25(41-21(8)34)15(2)13-17(4)40-29/h15-20,22,25-27,29H,12-14H2,1-11H3,(H,33,38)/t15-,16+,17+,18-,19-,20+,22+,25+,26+,27+,29?,31+,32+/m0/s1. The number of Topliss-reactive ketones (excluding diaryl/α,β-unsaturated/α-hetero) is 2. The van der Waals surface area contributed by atoms with Crippen molar-refractivity contribution >= 4 is 29.6 Å². The van der Waals surface area contributed by atoms with Gasteiger partial charge in [-0.2, -0.15) is 0 Å². The molecule has 44 heavy (non-hydrogen) atoms. The monoisotopic (exact) mass is 625 g/mol. The maximum absolute atomic E-state index is 14.0. The van der Waals surface area contributed by atoms with Crippen LogP contribution in [0.15, 0.2) is 0 Å². The van der Waals surface area contributed by atoms with Crippen LogP contribution in [-0.2, 0) is 47.6 Å². The van der Waals surface area contributed by atoms with Gasteiger partial charge in [0, 0.05) is 37.7 Å². The second-order valence-electron chi connectivity index (χ2n) is 13.4. The Labute approximate surface area is 260 Å². The number of esters is 2. The summed E-state index contributed by atoms with van der Waals surface area (Å²) >= 11 is 0. The molecule has 13 atom stereocenters. The van der Waals surface area contributed by atoms with Gasteiger partial charge in [-0.1, -0.05) is 34.6 Å². The number of cyclic esters (lactones) is 1. The molecule has 12 heteroatoms. The molecule has 3 heterocycles. The van der Waals surface area contributed by atoms with Crippen molar-refractivity contribution in [1.29, 1.82) is 0 Å². The van der Waals surface area contributed by atoms with E-state index in [1.165, 1.54) is 21.0 Å². The molecule has 3 rings (SSSR count). The molecule has 0 aromatic carbocycles. The number of rotatable bonds is 5. The van der Waals surface area contributed by atoms with E-state index < -0.39 is 89.3 Å². The summed E-state index contributed by atoms with van der Waals surface area (Å²) in [5.41, 5.74) is -2.58. The topological polar surface area (TPSA) is 153 Å². The van der Waals surface area contributed by atoms with Crippen LogP contribution >= 0.6 is 0 Å². The highest BCUT2D eigenvalue weighted by molar-refractivity contribution is 6.00. The smallest absolute Gasteiger partial charge is 0.408 e. The lowest BCUT2D eigenvalue weighted by atomic mass is 9.73. The fraction of sp³-hybridized carbons (Fsp3) is 0.844. The molecule has 0 saturated carbocycles. The van der Waals surface area contributed by atoms with E-state index in [2.05, 4.69) is 5.32 Å². The Morgan fingerprint density at radius 3 is 2.20 bits per heavy atom. The van der Waals surface area contributed by atoms with Gasteiger partial charge < -0.3 is 33.7 Å². The number of fused-ring (bicyclic) bond motifs is 1. The van der Waals surface area contributed by atoms with Crippen molar-refractivity contribution in [3.63, 3.8) is 0 Å². The molecule has 1 unspecified atom stereocenters. The van der Waals surface area contributed by atoms with Crippen LogP contribution < -0.4 is 5.32 Å². The van der Waals surface area contributed by atoms with Gasteiger partial charge in [0.05, 0.1) is 23.9 Å². The molecule has 0 aromatic rings. The van der Waals surface area contributed by atoms with Crippen molar-refractivity contribution in [2.45, 2.75) is 136 Å². The average molecular weight is 626 g/mol. The average Bonchev–Trinajstić information content (AvgIpc) is 3.27. The number of amides is 1. The largest absolute Gasteiger partial charge is 0.458 e. The van der Waals surface area contributed by atoms with Crippen LogP contribution in [0, 0.1) is 29.6 Å². The van der Waals surface area contributed by atoms with Crippen molar-refractivity contribution < 1.29 is 52.4 Å². The lowest BCUT2D eigenvalue weighted by Crippen LogP contribution is -2.59. The van der Waals surface area contributed by atoms with Crippen molar-refractivity contribution in [3.8, 4) is 0 Å². The van der Waals surface area contributed by atoms with Crippen molar-refractivity contribution in [3.05, 3.63) is 0 Å². The summed E-state index contributed by atoms with van der Waals surface area (Å²) in [6.45, 7) is 16.9. The van der Waals surface area contributed by atoms with Crippen LogP contribution in [-0.4, -0.2) is 84.7 Å². The molecule has 1 amide bonds. The Morgan fingerprint density at radius 1 is 1.00 bits per heavy atom. The van der Waals surface area contributed by atoms with Crippen LogP contribution in [0.2, 0.25) is 0 Å². The van der Waals surface area contributed by atoms with Crippen LogP contribution in [0.4, 0.5) is 4.79 Å². The van der Waals surface area contributed by atoms with E-state index >= 15 is 0 Å². The molecule has 0 spiro atoms. The minimum Gasteiger partial charge on any atom is -0.458 e. The molecule has 3 aliphatic rings. The summed E-state index contributed by atoms with van der Waals surface area (Å²) in [5, 5.41) is 2.76. The molecule has 0 bridgehead atoms. The van der Waals surface area contributed by atoms with Crippen LogP contribution in [0.5, 0.6) is 0 Å². The Kier molecular flexibility index (Phi) is 11.3. The highest BCUT2D eigenvalue weighted by Crippen LogP contribution is 2.40. The first kappa shape index (κ1) is 35.9. The summed E-state index contributed by atoms with van der Waals surface area (Å²) < 4.78 is 35.9. The first-order valence-corrected chi connectivity index (χ1v) is 15.7. The molecule has 0 aromatic heterocycles. The number of methoxy groups -OCH3 is 1. The van der Waals surface area contributed by atoms with E-state index in [1.54, 1.807) is 41.5 Å². The maximum Gasteiger partial charge on any atom is 0.408 e. The van der Waals surface area contributed by atoms with Gasteiger partial charge in [0.1, 0.15) is 17.8 Å². The minimum absolute atomic E-state index is 0.106. The zero-order chi connectivity index (χ0) is 33.3. The Bertz CT molecular complexity index is 1110. The second kappa shape index (κ2) is 13.8. The van der Waals surface area contributed by atoms with Gasteiger partial charge in [0.15, 0.2) is 23.8 Å². The summed E-state index contributed by atoms with van der Waals surface area (Å²) in [6.07, 6.45) is -3.62. The molecular weight excluding hydrogens is 574 g/mol. The number of hydrogen-bond donors (Lipinski definition) is 1. The van der Waals surface area contributed by atoms with Gasteiger partial charge in [-0.15, -0.1) is 0 Å². The zero-order valence-corrected chi connectivity index (χ0v) is 28.0. The maximum atomic E-state index is 14.0. The van der Waals surface area contributed by atoms with Gasteiger partial charge in [0.2, 0.25) is 0 Å². The van der Waals surface area contributed by atoms with Crippen LogP contribution in [0.3, 0.4) is 0 Å². The molecule has 1 N–H and O–H groups in total. The van der Waals surface area contributed by atoms with E-state index in [0.29, 0.717) is 6.42 Å². The Morgan fingerprint density at radius 2 is 1.64 bits per heavy atom. The third-order valence-corrected chi connectivity index (χ3v) is 9.85. The zero-order valence-electron chi connectivity index (χ0n) is 28.0. The fourth-order valence-electron chi connectivity index (χ4n) is 7.29. The number of hydrogen-bond acceptors (Lipinski definition) is 11. The van der Waals surface area contributed by atoms with Crippen LogP contribution in [0.1, 0.15) is 88.5 Å². The molecule has 3 saturated heterocycles. The summed E-state index contributed by atoms with van der Waals surface area (Å²) in [7, 11) is 1.47. The predicted molar refractivity (Wildman–Crippen MR) is 157 cm³/mol. The van der Waals surface area contributed by atoms with E-state index in [9.17, 15) is 24.0 Å². The number of carbonyl (C=O) groups excluding carboxylic acids is 5. The lowest BCUT2D eigenvalue weighted by molar-refractivity contribution is -0.297. The first-order valence-electron chi connectivity index (χ1n) is 15.7. The van der Waals surface area contributed by atoms with Crippen LogP contribution in [0.25, 0.3) is 0 Å². The molecule has 12 nitrogen and oxygen atoms in total. The lowest BCUT2D eigenvalue weighted by Gasteiger charge is -2.46. The quantitative estimate of drug-likeness (QED) is 0.270. The van der Waals surface area contributed by atoms with E-state index in [1.807, 2.05) is 13.8 Å². The van der Waals surface area contributed by atoms with Crippen molar-refractivity contribution in [2.75, 3.05) is 7.11 Å². The predicted octanol–water partition coefficient (Wildman–Crippen LogP) is 3.75. The summed E-state index contributed by atoms with van der Waals surface area (Å²) in [4.78, 5) is 66.0. The van der Waals surface area contributed by atoms with E-state index in [0.717, 1.165) is 0 Å². The highest BCUT2D eigenvalue weighted by Gasteiger charge is 2.57. The number of carbonyl (C=O) groups is 5. The number of alkyl carbamates (subject to hydrolysis) is 1. The molecule has 3 aliphatic heterocycles. The molecular formula is C32H51NO11. The first-order chi connectivity index (χ1) is 20.4. The Balaban J connectivity index is 2.11. The van der Waals surface area contributed by atoms with Gasteiger partial charge in [-0.05, 0) is 47.0 Å². The van der Waals surface area contributed by atoms with Gasteiger partial charge in [-0.25, -0.2) is 4.79 Å². The van der Waals surface area contributed by atoms with Gasteiger partial charge >= 0.3 is 18.0 Å². The normalized spacial score (nSPS) is 44.1. The second-order valence-corrected chi connectivity index (χ2v) is 13.4. The summed E-state index contributed by atoms with van der Waals surface area (Å²) in [6, 6.07) is -0.792. The molecule has 0 aliphatic carbocycles. The molecule has 250 valence electrons. The van der Waals surface area contributed by atoms with E-state index in [-0.39, 0.29) is 30.6 Å². The Hall–Kier alpha value is -2.57. The van der Waals surface area contributed by atoms with Crippen molar-refractivity contribution in [1.82, 2.24) is 5.32 Å². The number of nitrogens with one attached hydrogen (secondary N) is 1. The third-order valence-electron chi connectivity index (χ3n) is 9.85. The highest BCUT2D eigenvalue weighted by atomic mass is 16.7. The third kappa shape index (κ3) is 7.12. The minimum atomic E-state index is -1.34. The SMILES string of the molecule is CC[C@H]1OC(=O)[C@H](C)C(=O)[C@H](C)[C@@H](OC2O[C@H](C)C[C@H](C)[C@H]2OC(C)=O)[C@](C)(OC)C[C@@H](C)C(=O)[C@H](C)[C@H]2NC(=O)O[C@@]21C. The molecule has 3 fully saturated rings. The van der Waals surface area contributed by atoms with Gasteiger partial charge in [0.25, 0.3) is 0 Å². The molecule has 0 radical (unpaired) electrons. The van der Waals surface area contributed by atoms with E-state index in [4.69, 9.17) is 28.4 Å². The van der Waals surface area contributed by atoms with Gasteiger partial charge in [-0.3, -0.25) is 19.2 Å². The number of ether oxygens (including phenoxy) is 6.